The van der Waals surface area contributed by atoms with Gasteiger partial charge in [0.25, 0.3) is 0 Å². The van der Waals surface area contributed by atoms with E-state index in [0.29, 0.717) is 30.3 Å². The van der Waals surface area contributed by atoms with Crippen LogP contribution in [0.1, 0.15) is 38.0 Å². The zero-order valence-electron chi connectivity index (χ0n) is 18.2. The summed E-state index contributed by atoms with van der Waals surface area (Å²) in [6, 6.07) is 7.78. The number of nitrogens with zero attached hydrogens (tertiary/aromatic N) is 5. The molecule has 9 nitrogen and oxygen atoms in total. The fraction of sp³-hybridized carbons (Fsp3) is 0.478. The van der Waals surface area contributed by atoms with Crippen LogP contribution in [0.4, 0.5) is 17.5 Å². The van der Waals surface area contributed by atoms with Crippen molar-refractivity contribution >= 4 is 34.9 Å². The number of fused-ring (bicyclic) bond motifs is 1. The van der Waals surface area contributed by atoms with E-state index in [1.54, 1.807) is 6.33 Å². The summed E-state index contributed by atoms with van der Waals surface area (Å²) in [5.41, 5.74) is 3.33. The second kappa shape index (κ2) is 9.22. The summed E-state index contributed by atoms with van der Waals surface area (Å²) in [4.78, 5) is 27.3. The molecule has 0 spiro atoms. The molecule has 168 valence electrons. The molecule has 2 aliphatic rings. The number of carbonyl (C=O) groups excluding carboxylic acids is 1. The first kappa shape index (κ1) is 20.8. The standard InChI is InChI=1S/C23H28N6O3/c1-16-14-28(10-13-31-16)23-26-21(25-18-7-5-17(6-8-18)9-11-30)20-22(27-23)29(15-24-20)19-4-2-3-12-32-19/h5-8,11,15-16,19H,2-4,9-10,12-14H2,1H3,(H,25,26,27). The zero-order chi connectivity index (χ0) is 21.9. The largest absolute Gasteiger partial charge is 0.375 e. The third-order valence-electron chi connectivity index (χ3n) is 5.94. The van der Waals surface area contributed by atoms with E-state index in [4.69, 9.17) is 19.4 Å². The average molecular weight is 437 g/mol. The van der Waals surface area contributed by atoms with E-state index in [2.05, 4.69) is 22.1 Å². The molecule has 2 aliphatic heterocycles. The van der Waals surface area contributed by atoms with Crippen LogP contribution in [0.15, 0.2) is 30.6 Å². The first-order valence-corrected chi connectivity index (χ1v) is 11.2. The molecule has 0 saturated carbocycles. The van der Waals surface area contributed by atoms with E-state index in [9.17, 15) is 4.79 Å². The van der Waals surface area contributed by atoms with Gasteiger partial charge in [0.1, 0.15) is 12.5 Å². The van der Waals surface area contributed by atoms with Crippen LogP contribution in [0.3, 0.4) is 0 Å². The van der Waals surface area contributed by atoms with Crippen molar-refractivity contribution < 1.29 is 14.3 Å². The van der Waals surface area contributed by atoms with Gasteiger partial charge in [0, 0.05) is 31.8 Å². The number of aromatic nitrogens is 4. The lowest BCUT2D eigenvalue weighted by Crippen LogP contribution is -2.42. The molecule has 2 aromatic heterocycles. The lowest BCUT2D eigenvalue weighted by atomic mass is 10.1. The highest BCUT2D eigenvalue weighted by Crippen LogP contribution is 2.31. The molecule has 0 aliphatic carbocycles. The van der Waals surface area contributed by atoms with Crippen molar-refractivity contribution in [2.24, 2.45) is 0 Å². The lowest BCUT2D eigenvalue weighted by Gasteiger charge is -2.31. The van der Waals surface area contributed by atoms with Crippen LogP contribution in [0.25, 0.3) is 11.2 Å². The predicted octanol–water partition coefficient (Wildman–Crippen LogP) is 3.24. The van der Waals surface area contributed by atoms with E-state index >= 15 is 0 Å². The number of nitrogens with one attached hydrogen (secondary N) is 1. The summed E-state index contributed by atoms with van der Waals surface area (Å²) in [6.07, 6.45) is 6.34. The number of aldehydes is 1. The number of hydrogen-bond donors (Lipinski definition) is 1. The fourth-order valence-electron chi connectivity index (χ4n) is 4.24. The van der Waals surface area contributed by atoms with E-state index < -0.39 is 0 Å². The quantitative estimate of drug-likeness (QED) is 0.589. The summed E-state index contributed by atoms with van der Waals surface area (Å²) in [5, 5.41) is 3.41. The maximum absolute atomic E-state index is 10.8. The third-order valence-corrected chi connectivity index (χ3v) is 5.94. The monoisotopic (exact) mass is 436 g/mol. The molecule has 9 heteroatoms. The number of imidazole rings is 1. The van der Waals surface area contributed by atoms with Crippen molar-refractivity contribution in [3.8, 4) is 0 Å². The van der Waals surface area contributed by atoms with Crippen molar-refractivity contribution in [3.05, 3.63) is 36.2 Å². The number of rotatable bonds is 6. The Hall–Kier alpha value is -3.04. The van der Waals surface area contributed by atoms with Crippen LogP contribution in [-0.4, -0.2) is 58.2 Å². The van der Waals surface area contributed by atoms with E-state index in [0.717, 1.165) is 62.1 Å². The Bertz CT molecular complexity index is 1080. The summed E-state index contributed by atoms with van der Waals surface area (Å²) in [5.74, 6) is 1.31. The van der Waals surface area contributed by atoms with Gasteiger partial charge in [0.15, 0.2) is 17.0 Å². The van der Waals surface area contributed by atoms with Crippen molar-refractivity contribution in [3.63, 3.8) is 0 Å². The third kappa shape index (κ3) is 4.31. The Morgan fingerprint density at radius 1 is 1.16 bits per heavy atom. The second-order valence-electron chi connectivity index (χ2n) is 8.34. The second-order valence-corrected chi connectivity index (χ2v) is 8.34. The van der Waals surface area contributed by atoms with Gasteiger partial charge < -0.3 is 24.5 Å². The Morgan fingerprint density at radius 3 is 2.78 bits per heavy atom. The number of benzene rings is 1. The Kier molecular flexibility index (Phi) is 6.00. The summed E-state index contributed by atoms with van der Waals surface area (Å²) < 4.78 is 13.7. The van der Waals surface area contributed by atoms with Gasteiger partial charge >= 0.3 is 0 Å². The Labute approximate surface area is 186 Å². The maximum Gasteiger partial charge on any atom is 0.229 e. The van der Waals surface area contributed by atoms with Crippen LogP contribution in [-0.2, 0) is 20.7 Å². The molecule has 3 aromatic rings. The highest BCUT2D eigenvalue weighted by Gasteiger charge is 2.25. The van der Waals surface area contributed by atoms with Crippen LogP contribution in [0, 0.1) is 0 Å². The minimum atomic E-state index is -0.0596. The smallest absolute Gasteiger partial charge is 0.229 e. The molecule has 32 heavy (non-hydrogen) atoms. The van der Waals surface area contributed by atoms with Crippen LogP contribution in [0.5, 0.6) is 0 Å². The SMILES string of the molecule is CC1CN(c2nc(Nc3ccc(CC=O)cc3)c3ncn(C4CCCCO4)c3n2)CCO1. The van der Waals surface area contributed by atoms with Crippen LogP contribution >= 0.6 is 0 Å². The number of morpholine rings is 1. The highest BCUT2D eigenvalue weighted by molar-refractivity contribution is 5.86. The average Bonchev–Trinajstić information content (AvgIpc) is 3.25. The molecular weight excluding hydrogens is 408 g/mol. The normalized spacial score (nSPS) is 21.6. The van der Waals surface area contributed by atoms with E-state index in [1.165, 1.54) is 0 Å². The van der Waals surface area contributed by atoms with Crippen molar-refractivity contribution in [2.45, 2.75) is 44.9 Å². The molecule has 2 unspecified atom stereocenters. The van der Waals surface area contributed by atoms with Crippen molar-refractivity contribution in [1.29, 1.82) is 0 Å². The molecular formula is C23H28N6O3. The summed E-state index contributed by atoms with van der Waals surface area (Å²) in [7, 11) is 0. The van der Waals surface area contributed by atoms with Crippen molar-refractivity contribution in [1.82, 2.24) is 19.5 Å². The first-order valence-electron chi connectivity index (χ1n) is 11.2. The zero-order valence-corrected chi connectivity index (χ0v) is 18.2. The van der Waals surface area contributed by atoms with Gasteiger partial charge in [-0.3, -0.25) is 4.57 Å². The van der Waals surface area contributed by atoms with Crippen LogP contribution < -0.4 is 10.2 Å². The molecule has 2 atom stereocenters. The number of anilines is 3. The van der Waals surface area contributed by atoms with Gasteiger partial charge in [-0.25, -0.2) is 4.98 Å². The summed E-state index contributed by atoms with van der Waals surface area (Å²) >= 11 is 0. The number of carbonyl (C=O) groups is 1. The van der Waals surface area contributed by atoms with Gasteiger partial charge in [0.2, 0.25) is 5.95 Å². The Balaban J connectivity index is 1.53. The first-order chi connectivity index (χ1) is 15.7. The molecule has 5 rings (SSSR count). The lowest BCUT2D eigenvalue weighted by molar-refractivity contribution is -0.107. The van der Waals surface area contributed by atoms with Crippen LogP contribution in [0.2, 0.25) is 0 Å². The molecule has 2 saturated heterocycles. The van der Waals surface area contributed by atoms with E-state index in [-0.39, 0.29) is 12.3 Å². The molecule has 1 aromatic carbocycles. The van der Waals surface area contributed by atoms with Gasteiger partial charge in [-0.15, -0.1) is 0 Å². The molecule has 1 N–H and O–H groups in total. The van der Waals surface area contributed by atoms with Gasteiger partial charge in [-0.05, 0) is 43.9 Å². The highest BCUT2D eigenvalue weighted by atomic mass is 16.5. The minimum Gasteiger partial charge on any atom is -0.375 e. The van der Waals surface area contributed by atoms with Gasteiger partial charge in [0.05, 0.1) is 19.0 Å². The molecule has 2 fully saturated rings. The van der Waals surface area contributed by atoms with E-state index in [1.807, 2.05) is 28.8 Å². The molecule has 0 bridgehead atoms. The number of ether oxygens (including phenoxy) is 2. The Morgan fingerprint density at radius 2 is 2.03 bits per heavy atom. The molecule has 0 amide bonds. The molecule has 0 radical (unpaired) electrons. The van der Waals surface area contributed by atoms with Gasteiger partial charge in [-0.1, -0.05) is 12.1 Å². The number of hydrogen-bond acceptors (Lipinski definition) is 8. The topological polar surface area (TPSA) is 94.4 Å². The summed E-state index contributed by atoms with van der Waals surface area (Å²) in [6.45, 7) is 4.93. The molecule has 4 heterocycles. The maximum atomic E-state index is 10.8. The van der Waals surface area contributed by atoms with Gasteiger partial charge in [-0.2, -0.15) is 9.97 Å². The predicted molar refractivity (Wildman–Crippen MR) is 121 cm³/mol. The van der Waals surface area contributed by atoms with Crippen molar-refractivity contribution in [2.75, 3.05) is 36.5 Å². The fourth-order valence-corrected chi connectivity index (χ4v) is 4.24. The minimum absolute atomic E-state index is 0.0596.